The van der Waals surface area contributed by atoms with E-state index in [9.17, 15) is 0 Å². The summed E-state index contributed by atoms with van der Waals surface area (Å²) in [5.41, 5.74) is 12.5. The molecule has 2 aromatic heterocycles. The molecule has 0 saturated heterocycles. The Balaban J connectivity index is 1.01. The summed E-state index contributed by atoms with van der Waals surface area (Å²) < 4.78 is 4.79. The Bertz CT molecular complexity index is 3130. The molecule has 0 fully saturated rings. The largest absolute Gasteiger partial charge is 0.333 e. The highest BCUT2D eigenvalue weighted by Gasteiger charge is 2.35. The molecule has 5 heteroatoms. The standard InChI is InChI=1S/C55H44N4S/c1-3-39(30-29-38(2)56-51-25-13-15-27-54(51)60-55-28-16-14-26-52(55)56)58-48-22-10-9-21-46(48)47-36-35-43(37-53(47)58)57(40-17-5-4-6-18-40)41-31-33-42(34-32-41)59-49-23-11-7-19-44(49)45-20-8-12-24-50(45)59/h3-15,17-27,29-37,52,55H,2,16,28H2,1H3/b30-29-,39-3+. The van der Waals surface area contributed by atoms with Gasteiger partial charge in [0.05, 0.1) is 33.8 Å². The number of rotatable bonds is 8. The molecule has 4 nitrogen and oxygen atoms in total. The maximum Gasteiger partial charge on any atom is 0.0644 e. The lowest BCUT2D eigenvalue weighted by molar-refractivity contribution is 0.627. The van der Waals surface area contributed by atoms with Gasteiger partial charge in [-0.2, -0.15) is 0 Å². The Morgan fingerprint density at radius 2 is 1.22 bits per heavy atom. The van der Waals surface area contributed by atoms with E-state index in [4.69, 9.17) is 0 Å². The van der Waals surface area contributed by atoms with Crippen LogP contribution in [0.5, 0.6) is 0 Å². The Morgan fingerprint density at radius 3 is 1.95 bits per heavy atom. The molecule has 60 heavy (non-hydrogen) atoms. The SMILES string of the molecule is C=C(/C=C\C(=C/C)n1c2ccccc2c2ccc(N(c3ccccc3)c3ccc(-n4c5ccccc5c5ccccc54)cc3)cc21)N1c2ccccc2SC2CCC=CC21. The maximum atomic E-state index is 4.69. The Hall–Kier alpha value is -6.95. The molecular weight excluding hydrogens is 749 g/mol. The number of hydrogen-bond acceptors (Lipinski definition) is 3. The molecule has 0 amide bonds. The van der Waals surface area contributed by atoms with Crippen LogP contribution in [0.25, 0.3) is 55.0 Å². The first-order valence-electron chi connectivity index (χ1n) is 20.9. The number of allylic oxidation sites excluding steroid dienone is 5. The second kappa shape index (κ2) is 15.0. The molecule has 7 aromatic carbocycles. The van der Waals surface area contributed by atoms with Crippen molar-refractivity contribution in [3.8, 4) is 5.69 Å². The van der Waals surface area contributed by atoms with Crippen molar-refractivity contribution in [1.29, 1.82) is 0 Å². The summed E-state index contributed by atoms with van der Waals surface area (Å²) in [6, 6.07) is 61.8. The lowest BCUT2D eigenvalue weighted by atomic mass is 9.98. The number of hydrogen-bond donors (Lipinski definition) is 0. The lowest BCUT2D eigenvalue weighted by Gasteiger charge is -2.43. The molecule has 3 heterocycles. The molecule has 1 aliphatic heterocycles. The Kier molecular flexibility index (Phi) is 9.05. The van der Waals surface area contributed by atoms with Gasteiger partial charge < -0.3 is 18.9 Å². The highest BCUT2D eigenvalue weighted by atomic mass is 32.2. The summed E-state index contributed by atoms with van der Waals surface area (Å²) in [5, 5.41) is 5.47. The van der Waals surface area contributed by atoms with Crippen LogP contribution in [0.3, 0.4) is 0 Å². The monoisotopic (exact) mass is 792 g/mol. The van der Waals surface area contributed by atoms with Crippen LogP contribution in [0.1, 0.15) is 19.8 Å². The zero-order valence-corrected chi connectivity index (χ0v) is 34.3. The van der Waals surface area contributed by atoms with E-state index in [2.05, 4.69) is 233 Å². The molecule has 2 aliphatic rings. The van der Waals surface area contributed by atoms with Gasteiger partial charge in [-0.3, -0.25) is 0 Å². The van der Waals surface area contributed by atoms with Crippen LogP contribution >= 0.6 is 11.8 Å². The van der Waals surface area contributed by atoms with Gasteiger partial charge in [-0.15, -0.1) is 11.8 Å². The van der Waals surface area contributed by atoms with E-state index in [0.717, 1.165) is 46.1 Å². The summed E-state index contributed by atoms with van der Waals surface area (Å²) in [7, 11) is 0. The molecule has 0 radical (unpaired) electrons. The van der Waals surface area contributed by atoms with E-state index in [-0.39, 0.29) is 6.04 Å². The van der Waals surface area contributed by atoms with Crippen LogP contribution < -0.4 is 9.80 Å². The van der Waals surface area contributed by atoms with E-state index in [0.29, 0.717) is 5.25 Å². The van der Waals surface area contributed by atoms with Crippen molar-refractivity contribution >= 4 is 83.8 Å². The van der Waals surface area contributed by atoms with Crippen molar-refractivity contribution in [2.45, 2.75) is 36.0 Å². The minimum absolute atomic E-state index is 0.278. The molecular formula is C55H44N4S. The van der Waals surface area contributed by atoms with Gasteiger partial charge in [0.1, 0.15) is 0 Å². The van der Waals surface area contributed by atoms with Crippen molar-refractivity contribution in [3.05, 3.63) is 213 Å². The van der Waals surface area contributed by atoms with Crippen molar-refractivity contribution in [3.63, 3.8) is 0 Å². The van der Waals surface area contributed by atoms with Crippen LogP contribution in [0.2, 0.25) is 0 Å². The zero-order chi connectivity index (χ0) is 40.2. The summed E-state index contributed by atoms with van der Waals surface area (Å²) in [6.07, 6.45) is 13.7. The topological polar surface area (TPSA) is 16.3 Å². The quantitative estimate of drug-likeness (QED) is 0.113. The number of anilines is 4. The first kappa shape index (κ1) is 36.2. The summed E-state index contributed by atoms with van der Waals surface area (Å²) in [6.45, 7) is 6.82. The van der Waals surface area contributed by atoms with E-state index in [1.807, 2.05) is 11.8 Å². The number of nitrogens with zero attached hydrogens (tertiary/aromatic N) is 4. The fourth-order valence-electron chi connectivity index (χ4n) is 9.51. The van der Waals surface area contributed by atoms with Gasteiger partial charge >= 0.3 is 0 Å². The molecule has 11 rings (SSSR count). The van der Waals surface area contributed by atoms with Gasteiger partial charge in [-0.25, -0.2) is 0 Å². The van der Waals surface area contributed by atoms with Gasteiger partial charge in [0, 0.05) is 65.8 Å². The first-order chi connectivity index (χ1) is 29.7. The van der Waals surface area contributed by atoms with Gasteiger partial charge in [0.25, 0.3) is 0 Å². The minimum atomic E-state index is 0.278. The Labute approximate surface area is 355 Å². The van der Waals surface area contributed by atoms with Gasteiger partial charge in [-0.05, 0) is 111 Å². The number of fused-ring (bicyclic) bond motifs is 8. The molecule has 0 saturated carbocycles. The third kappa shape index (κ3) is 6.00. The molecule has 0 bridgehead atoms. The third-order valence-corrected chi connectivity index (χ3v) is 13.6. The highest BCUT2D eigenvalue weighted by molar-refractivity contribution is 8.00. The normalized spacial score (nSPS) is 16.6. The average Bonchev–Trinajstić information content (AvgIpc) is 3.82. The minimum Gasteiger partial charge on any atom is -0.333 e. The van der Waals surface area contributed by atoms with Crippen molar-refractivity contribution in [2.24, 2.45) is 0 Å². The van der Waals surface area contributed by atoms with Crippen LogP contribution in [0.15, 0.2) is 217 Å². The molecule has 2 unspecified atom stereocenters. The number of aromatic nitrogens is 2. The fraction of sp³-hybridized carbons (Fsp3) is 0.0909. The molecule has 290 valence electrons. The lowest BCUT2D eigenvalue weighted by Crippen LogP contribution is -2.44. The van der Waals surface area contributed by atoms with Gasteiger partial charge in [0.2, 0.25) is 0 Å². The smallest absolute Gasteiger partial charge is 0.0644 e. The summed E-state index contributed by atoms with van der Waals surface area (Å²) >= 11 is 2.01. The number of para-hydroxylation sites is 5. The summed E-state index contributed by atoms with van der Waals surface area (Å²) in [4.78, 5) is 6.14. The average molecular weight is 793 g/mol. The van der Waals surface area contributed by atoms with E-state index < -0.39 is 0 Å². The van der Waals surface area contributed by atoms with E-state index in [1.165, 1.54) is 55.1 Å². The zero-order valence-electron chi connectivity index (χ0n) is 33.5. The first-order valence-corrected chi connectivity index (χ1v) is 21.8. The van der Waals surface area contributed by atoms with Crippen LogP contribution in [0, 0.1) is 0 Å². The molecule has 0 spiro atoms. The number of benzene rings is 7. The molecule has 2 atom stereocenters. The predicted octanol–water partition coefficient (Wildman–Crippen LogP) is 15.0. The van der Waals surface area contributed by atoms with Crippen molar-refractivity contribution in [2.75, 3.05) is 9.80 Å². The highest BCUT2D eigenvalue weighted by Crippen LogP contribution is 2.47. The Morgan fingerprint density at radius 1 is 0.617 bits per heavy atom. The van der Waals surface area contributed by atoms with Crippen LogP contribution in [-0.2, 0) is 0 Å². The number of thioether (sulfide) groups is 1. The van der Waals surface area contributed by atoms with Crippen LogP contribution in [0.4, 0.5) is 22.7 Å². The fourth-order valence-corrected chi connectivity index (χ4v) is 10.9. The molecule has 0 N–H and O–H groups in total. The van der Waals surface area contributed by atoms with E-state index in [1.54, 1.807) is 0 Å². The maximum absolute atomic E-state index is 4.69. The second-order valence-corrected chi connectivity index (χ2v) is 16.9. The van der Waals surface area contributed by atoms with Crippen LogP contribution in [-0.4, -0.2) is 20.4 Å². The van der Waals surface area contributed by atoms with Crippen molar-refractivity contribution in [1.82, 2.24) is 9.13 Å². The molecule has 9 aromatic rings. The van der Waals surface area contributed by atoms with Gasteiger partial charge in [-0.1, -0.05) is 116 Å². The predicted molar refractivity (Wildman–Crippen MR) is 257 cm³/mol. The second-order valence-electron chi connectivity index (χ2n) is 15.6. The van der Waals surface area contributed by atoms with Gasteiger partial charge in [0.15, 0.2) is 0 Å². The molecule has 1 aliphatic carbocycles. The van der Waals surface area contributed by atoms with Crippen molar-refractivity contribution < 1.29 is 0 Å². The summed E-state index contributed by atoms with van der Waals surface area (Å²) in [5.74, 6) is 0. The van der Waals surface area contributed by atoms with E-state index >= 15 is 0 Å². The third-order valence-electron chi connectivity index (χ3n) is 12.2.